The van der Waals surface area contributed by atoms with Crippen molar-refractivity contribution < 1.29 is 14.2 Å². The van der Waals surface area contributed by atoms with Crippen LogP contribution in [0.25, 0.3) is 0 Å². The summed E-state index contributed by atoms with van der Waals surface area (Å²) in [7, 11) is 3.40. The lowest BCUT2D eigenvalue weighted by atomic mass is 9.72. The number of piperidine rings is 1. The van der Waals surface area contributed by atoms with Gasteiger partial charge in [-0.2, -0.15) is 0 Å². The van der Waals surface area contributed by atoms with E-state index in [-0.39, 0.29) is 0 Å². The maximum atomic E-state index is 5.58. The van der Waals surface area contributed by atoms with Crippen molar-refractivity contribution in [1.82, 2.24) is 9.80 Å². The Labute approximate surface area is 157 Å². The fraction of sp³-hybridized carbons (Fsp3) is 0.714. The predicted octanol–water partition coefficient (Wildman–Crippen LogP) is 2.64. The number of morpholine rings is 1. The first-order valence-electron chi connectivity index (χ1n) is 10.0. The second-order valence-corrected chi connectivity index (χ2v) is 7.97. The summed E-state index contributed by atoms with van der Waals surface area (Å²) in [6.07, 6.45) is 4.16. The molecule has 0 spiro atoms. The summed E-state index contributed by atoms with van der Waals surface area (Å²) in [5, 5.41) is 0. The maximum absolute atomic E-state index is 5.58. The molecule has 0 N–H and O–H groups in total. The molecule has 3 fully saturated rings. The number of fused-ring (bicyclic) bond motifs is 2. The number of nitrogens with zero attached hydrogens (tertiary/aromatic N) is 2. The Morgan fingerprint density at radius 1 is 1.00 bits per heavy atom. The van der Waals surface area contributed by atoms with Crippen LogP contribution in [0.15, 0.2) is 18.2 Å². The third kappa shape index (κ3) is 3.71. The summed E-state index contributed by atoms with van der Waals surface area (Å²) in [6, 6.07) is 7.10. The molecule has 144 valence electrons. The van der Waals surface area contributed by atoms with Crippen molar-refractivity contribution in [3.8, 4) is 11.5 Å². The second kappa shape index (κ2) is 8.15. The van der Waals surface area contributed by atoms with Crippen molar-refractivity contribution >= 4 is 0 Å². The summed E-state index contributed by atoms with van der Waals surface area (Å²) in [5.74, 6) is 3.24. The SMILES string of the molecule is COc1ccc(CN2C[C@H]3CCC[C@H](C2)C3N2CCOCC2)cc1OC. The fourth-order valence-corrected chi connectivity index (χ4v) is 5.34. The van der Waals surface area contributed by atoms with E-state index in [4.69, 9.17) is 14.2 Å². The predicted molar refractivity (Wildman–Crippen MR) is 102 cm³/mol. The van der Waals surface area contributed by atoms with Crippen LogP contribution in [0.2, 0.25) is 0 Å². The molecule has 1 aliphatic carbocycles. The summed E-state index contributed by atoms with van der Waals surface area (Å²) in [4.78, 5) is 5.39. The van der Waals surface area contributed by atoms with Crippen LogP contribution < -0.4 is 9.47 Å². The molecule has 2 saturated heterocycles. The van der Waals surface area contributed by atoms with Gasteiger partial charge in [-0.1, -0.05) is 12.5 Å². The molecule has 1 saturated carbocycles. The van der Waals surface area contributed by atoms with Crippen molar-refractivity contribution in [2.24, 2.45) is 11.8 Å². The summed E-state index contributed by atoms with van der Waals surface area (Å²) in [5.41, 5.74) is 1.31. The van der Waals surface area contributed by atoms with Crippen molar-refractivity contribution in [2.75, 3.05) is 53.6 Å². The fourth-order valence-electron chi connectivity index (χ4n) is 5.34. The molecule has 0 radical (unpaired) electrons. The van der Waals surface area contributed by atoms with Crippen LogP contribution >= 0.6 is 0 Å². The molecule has 5 nitrogen and oxygen atoms in total. The van der Waals surface area contributed by atoms with Gasteiger partial charge in [0.15, 0.2) is 11.5 Å². The van der Waals surface area contributed by atoms with Gasteiger partial charge in [0.1, 0.15) is 0 Å². The summed E-state index contributed by atoms with van der Waals surface area (Å²) >= 11 is 0. The van der Waals surface area contributed by atoms with E-state index in [2.05, 4.69) is 21.9 Å². The van der Waals surface area contributed by atoms with Crippen molar-refractivity contribution in [3.05, 3.63) is 23.8 Å². The maximum Gasteiger partial charge on any atom is 0.161 e. The van der Waals surface area contributed by atoms with Crippen LogP contribution in [-0.4, -0.2) is 69.5 Å². The number of rotatable bonds is 5. The van der Waals surface area contributed by atoms with Crippen LogP contribution in [0.1, 0.15) is 24.8 Å². The molecule has 0 amide bonds. The lowest BCUT2D eigenvalue weighted by Crippen LogP contribution is -2.59. The van der Waals surface area contributed by atoms with Gasteiger partial charge in [0.05, 0.1) is 27.4 Å². The number of benzene rings is 1. The Morgan fingerprint density at radius 2 is 1.69 bits per heavy atom. The average Bonchev–Trinajstić information content (AvgIpc) is 2.68. The van der Waals surface area contributed by atoms with Crippen molar-refractivity contribution in [1.29, 1.82) is 0 Å². The molecule has 1 aromatic rings. The highest BCUT2D eigenvalue weighted by Crippen LogP contribution is 2.39. The van der Waals surface area contributed by atoms with Crippen LogP contribution in [-0.2, 0) is 11.3 Å². The summed E-state index contributed by atoms with van der Waals surface area (Å²) in [6.45, 7) is 7.49. The quantitative estimate of drug-likeness (QED) is 0.806. The highest BCUT2D eigenvalue weighted by atomic mass is 16.5. The first-order valence-corrected chi connectivity index (χ1v) is 10.0. The normalized spacial score (nSPS) is 30.2. The highest BCUT2D eigenvalue weighted by molar-refractivity contribution is 5.42. The van der Waals surface area contributed by atoms with E-state index in [1.165, 1.54) is 37.9 Å². The van der Waals surface area contributed by atoms with Gasteiger partial charge in [-0.3, -0.25) is 9.80 Å². The van der Waals surface area contributed by atoms with Gasteiger partial charge in [0.25, 0.3) is 0 Å². The van der Waals surface area contributed by atoms with Gasteiger partial charge in [-0.15, -0.1) is 0 Å². The third-order valence-electron chi connectivity index (χ3n) is 6.42. The Hall–Kier alpha value is -1.30. The average molecular weight is 360 g/mol. The zero-order valence-electron chi connectivity index (χ0n) is 16.2. The zero-order valence-corrected chi connectivity index (χ0v) is 16.2. The lowest BCUT2D eigenvalue weighted by molar-refractivity contribution is -0.0623. The van der Waals surface area contributed by atoms with Gasteiger partial charge in [-0.25, -0.2) is 0 Å². The third-order valence-corrected chi connectivity index (χ3v) is 6.42. The van der Waals surface area contributed by atoms with E-state index in [0.717, 1.165) is 62.2 Å². The molecule has 2 heterocycles. The standard InChI is InChI=1S/C21H32N2O3/c1-24-19-7-6-16(12-20(19)25-2)13-22-14-17-4-3-5-18(15-22)21(17)23-8-10-26-11-9-23/h6-7,12,17-18,21H,3-5,8-11,13-15H2,1-2H3/t17-,18-/m1/s1. The first kappa shape index (κ1) is 18.1. The van der Waals surface area contributed by atoms with Crippen LogP contribution in [0.4, 0.5) is 0 Å². The second-order valence-electron chi connectivity index (χ2n) is 7.97. The largest absolute Gasteiger partial charge is 0.493 e. The molecule has 2 bridgehead atoms. The number of ether oxygens (including phenoxy) is 3. The summed E-state index contributed by atoms with van der Waals surface area (Å²) < 4.78 is 16.4. The Kier molecular flexibility index (Phi) is 5.67. The van der Waals surface area contributed by atoms with E-state index in [9.17, 15) is 0 Å². The molecule has 5 heteroatoms. The van der Waals surface area contributed by atoms with Crippen molar-refractivity contribution in [3.63, 3.8) is 0 Å². The van der Waals surface area contributed by atoms with Crippen molar-refractivity contribution in [2.45, 2.75) is 31.8 Å². The Bertz CT molecular complexity index is 589. The number of likely N-dealkylation sites (tertiary alicyclic amines) is 1. The highest BCUT2D eigenvalue weighted by Gasteiger charge is 2.42. The molecular formula is C21H32N2O3. The number of hydrogen-bond donors (Lipinski definition) is 0. The molecule has 0 aromatic heterocycles. The van der Waals surface area contributed by atoms with E-state index < -0.39 is 0 Å². The molecule has 1 aromatic carbocycles. The topological polar surface area (TPSA) is 34.2 Å². The van der Waals surface area contributed by atoms with Gasteiger partial charge < -0.3 is 14.2 Å². The first-order chi connectivity index (χ1) is 12.8. The van der Waals surface area contributed by atoms with Crippen LogP contribution in [0.5, 0.6) is 11.5 Å². The van der Waals surface area contributed by atoms with E-state index in [0.29, 0.717) is 0 Å². The number of hydrogen-bond acceptors (Lipinski definition) is 5. The minimum atomic E-state index is 0.773. The van der Waals surface area contributed by atoms with Gasteiger partial charge in [-0.05, 0) is 42.4 Å². The molecule has 0 unspecified atom stereocenters. The van der Waals surface area contributed by atoms with E-state index in [1.54, 1.807) is 14.2 Å². The van der Waals surface area contributed by atoms with Gasteiger partial charge in [0, 0.05) is 38.8 Å². The molecule has 2 aliphatic heterocycles. The minimum absolute atomic E-state index is 0.773. The van der Waals surface area contributed by atoms with E-state index in [1.807, 2.05) is 6.07 Å². The van der Waals surface area contributed by atoms with Gasteiger partial charge >= 0.3 is 0 Å². The van der Waals surface area contributed by atoms with E-state index >= 15 is 0 Å². The zero-order chi connectivity index (χ0) is 17.9. The van der Waals surface area contributed by atoms with Crippen LogP contribution in [0.3, 0.4) is 0 Å². The molecule has 2 atom stereocenters. The molecular weight excluding hydrogens is 328 g/mol. The smallest absolute Gasteiger partial charge is 0.161 e. The molecule has 3 aliphatic rings. The van der Waals surface area contributed by atoms with Crippen LogP contribution in [0, 0.1) is 11.8 Å². The number of methoxy groups -OCH3 is 2. The molecule has 4 rings (SSSR count). The van der Waals surface area contributed by atoms with Gasteiger partial charge in [0.2, 0.25) is 0 Å². The lowest BCUT2D eigenvalue weighted by Gasteiger charge is -2.52. The Balaban J connectivity index is 1.44. The minimum Gasteiger partial charge on any atom is -0.493 e. The Morgan fingerprint density at radius 3 is 2.35 bits per heavy atom. The monoisotopic (exact) mass is 360 g/mol. The molecule has 26 heavy (non-hydrogen) atoms.